The second kappa shape index (κ2) is 7.14. The summed E-state index contributed by atoms with van der Waals surface area (Å²) in [5.41, 5.74) is 0.706. The molecule has 0 bridgehead atoms. The number of rotatable bonds is 3. The average Bonchev–Trinajstić information content (AvgIpc) is 2.58. The minimum Gasteiger partial charge on any atom is -0.448 e. The highest BCUT2D eigenvalue weighted by atomic mass is 79.9. The third kappa shape index (κ3) is 3.65. The molecule has 0 saturated heterocycles. The highest BCUT2D eigenvalue weighted by molar-refractivity contribution is 9.10. The Morgan fingerprint density at radius 1 is 1.38 bits per heavy atom. The summed E-state index contributed by atoms with van der Waals surface area (Å²) in [4.78, 5) is 27.4. The van der Waals surface area contributed by atoms with Crippen LogP contribution in [-0.2, 0) is 9.59 Å². The van der Waals surface area contributed by atoms with Crippen molar-refractivity contribution in [3.05, 3.63) is 52.3 Å². The number of hydrogen-bond acceptors (Lipinski definition) is 5. The van der Waals surface area contributed by atoms with Crippen molar-refractivity contribution in [3.8, 4) is 11.5 Å². The zero-order valence-electron chi connectivity index (χ0n) is 12.1. The fourth-order valence-corrected chi connectivity index (χ4v) is 2.58. The number of nitrogens with zero attached hydrogens (tertiary/aromatic N) is 1. The third-order valence-corrected chi connectivity index (χ3v) is 4.11. The van der Waals surface area contributed by atoms with Crippen LogP contribution in [0.15, 0.2) is 46.8 Å². The van der Waals surface area contributed by atoms with Crippen LogP contribution in [0, 0.1) is 0 Å². The number of carbonyl (C=O) groups is 2. The van der Waals surface area contributed by atoms with E-state index < -0.39 is 5.97 Å². The SMILES string of the molecule is O=C(CBr)Oc1ccc(/C=C2\Oc3cccnc3NC2=O)cc1Br. The first-order valence-corrected chi connectivity index (χ1v) is 8.70. The first-order chi connectivity index (χ1) is 11.6. The van der Waals surface area contributed by atoms with Gasteiger partial charge in [-0.05, 0) is 51.8 Å². The quantitative estimate of drug-likeness (QED) is 0.333. The number of nitrogens with one attached hydrogen (secondary N) is 1. The number of carbonyl (C=O) groups excluding carboxylic acids is 2. The Morgan fingerprint density at radius 2 is 2.21 bits per heavy atom. The predicted octanol–water partition coefficient (Wildman–Crippen LogP) is 3.52. The summed E-state index contributed by atoms with van der Waals surface area (Å²) in [6, 6.07) is 8.50. The van der Waals surface area contributed by atoms with Crippen LogP contribution in [0.4, 0.5) is 5.82 Å². The maximum Gasteiger partial charge on any atom is 0.321 e. The lowest BCUT2D eigenvalue weighted by molar-refractivity contribution is -0.131. The maximum atomic E-state index is 12.1. The molecule has 2 heterocycles. The third-order valence-electron chi connectivity index (χ3n) is 3.03. The number of anilines is 1. The molecule has 0 spiro atoms. The molecule has 122 valence electrons. The number of hydrogen-bond donors (Lipinski definition) is 1. The number of esters is 1. The van der Waals surface area contributed by atoms with Gasteiger partial charge in [0.1, 0.15) is 11.1 Å². The molecular formula is C16H10Br2N2O4. The van der Waals surface area contributed by atoms with Gasteiger partial charge in [-0.3, -0.25) is 9.59 Å². The number of fused-ring (bicyclic) bond motifs is 1. The van der Waals surface area contributed by atoms with Gasteiger partial charge in [0.05, 0.1) is 4.47 Å². The van der Waals surface area contributed by atoms with Gasteiger partial charge in [-0.2, -0.15) is 0 Å². The maximum absolute atomic E-state index is 12.1. The molecule has 1 amide bonds. The van der Waals surface area contributed by atoms with Gasteiger partial charge >= 0.3 is 5.97 Å². The lowest BCUT2D eigenvalue weighted by atomic mass is 10.2. The number of halogens is 2. The Morgan fingerprint density at radius 3 is 2.96 bits per heavy atom. The van der Waals surface area contributed by atoms with Crippen molar-refractivity contribution in [2.75, 3.05) is 10.6 Å². The van der Waals surface area contributed by atoms with Crippen LogP contribution in [0.2, 0.25) is 0 Å². The van der Waals surface area contributed by atoms with Crippen LogP contribution < -0.4 is 14.8 Å². The number of amides is 1. The molecule has 3 rings (SSSR count). The van der Waals surface area contributed by atoms with E-state index in [1.54, 1.807) is 42.6 Å². The number of aromatic nitrogens is 1. The summed E-state index contributed by atoms with van der Waals surface area (Å²) in [6.07, 6.45) is 3.16. The van der Waals surface area contributed by atoms with E-state index in [-0.39, 0.29) is 17.0 Å². The number of alkyl halides is 1. The van der Waals surface area contributed by atoms with E-state index in [0.29, 0.717) is 27.4 Å². The molecule has 0 radical (unpaired) electrons. The molecule has 1 aliphatic heterocycles. The predicted molar refractivity (Wildman–Crippen MR) is 95.0 cm³/mol. The van der Waals surface area contributed by atoms with Gasteiger partial charge in [0.25, 0.3) is 5.91 Å². The van der Waals surface area contributed by atoms with Gasteiger partial charge in [0.2, 0.25) is 0 Å². The van der Waals surface area contributed by atoms with E-state index in [1.807, 2.05) is 0 Å². The Balaban J connectivity index is 1.85. The largest absolute Gasteiger partial charge is 0.448 e. The van der Waals surface area contributed by atoms with Crippen molar-refractivity contribution in [1.82, 2.24) is 4.98 Å². The monoisotopic (exact) mass is 452 g/mol. The Bertz CT molecular complexity index is 852. The molecule has 24 heavy (non-hydrogen) atoms. The van der Waals surface area contributed by atoms with Crippen LogP contribution in [0.5, 0.6) is 11.5 Å². The minimum absolute atomic E-state index is 0.104. The van der Waals surface area contributed by atoms with Crippen LogP contribution in [0.25, 0.3) is 6.08 Å². The molecule has 0 atom stereocenters. The summed E-state index contributed by atoms with van der Waals surface area (Å²) in [7, 11) is 0. The van der Waals surface area contributed by atoms with Crippen LogP contribution in [-0.4, -0.2) is 22.2 Å². The van der Waals surface area contributed by atoms with E-state index in [2.05, 4.69) is 42.2 Å². The summed E-state index contributed by atoms with van der Waals surface area (Å²) in [6.45, 7) is 0. The van der Waals surface area contributed by atoms with Gasteiger partial charge < -0.3 is 14.8 Å². The normalized spacial score (nSPS) is 14.6. The van der Waals surface area contributed by atoms with Crippen molar-refractivity contribution in [2.45, 2.75) is 0 Å². The smallest absolute Gasteiger partial charge is 0.321 e. The van der Waals surface area contributed by atoms with Gasteiger partial charge in [-0.25, -0.2) is 4.98 Å². The minimum atomic E-state index is -0.402. The van der Waals surface area contributed by atoms with E-state index in [0.717, 1.165) is 0 Å². The first kappa shape index (κ1) is 16.7. The second-order valence-corrected chi connectivity index (χ2v) is 6.13. The molecular weight excluding hydrogens is 444 g/mol. The summed E-state index contributed by atoms with van der Waals surface area (Å²) in [5.74, 6) is 0.619. The van der Waals surface area contributed by atoms with Crippen LogP contribution in [0.1, 0.15) is 5.56 Å². The van der Waals surface area contributed by atoms with Gasteiger partial charge in [0, 0.05) is 6.20 Å². The molecule has 0 aliphatic carbocycles. The molecule has 1 aromatic heterocycles. The molecule has 0 fully saturated rings. The lowest BCUT2D eigenvalue weighted by Gasteiger charge is -2.18. The molecule has 1 aliphatic rings. The van der Waals surface area contributed by atoms with E-state index >= 15 is 0 Å². The average molecular weight is 454 g/mol. The van der Waals surface area contributed by atoms with E-state index in [1.165, 1.54) is 0 Å². The fourth-order valence-electron chi connectivity index (χ4n) is 1.99. The van der Waals surface area contributed by atoms with Crippen molar-refractivity contribution in [2.24, 2.45) is 0 Å². The Labute approximate surface area is 154 Å². The van der Waals surface area contributed by atoms with Gasteiger partial charge in [0.15, 0.2) is 17.3 Å². The molecule has 6 nitrogen and oxygen atoms in total. The van der Waals surface area contributed by atoms with Gasteiger partial charge in [-0.1, -0.05) is 22.0 Å². The Hall–Kier alpha value is -2.19. The molecule has 1 N–H and O–H groups in total. The van der Waals surface area contributed by atoms with Crippen molar-refractivity contribution >= 4 is 55.6 Å². The molecule has 8 heteroatoms. The van der Waals surface area contributed by atoms with E-state index in [4.69, 9.17) is 9.47 Å². The highest BCUT2D eigenvalue weighted by Crippen LogP contribution is 2.30. The zero-order chi connectivity index (χ0) is 17.1. The molecule has 1 aromatic carbocycles. The van der Waals surface area contributed by atoms with Crippen molar-refractivity contribution in [3.63, 3.8) is 0 Å². The molecule has 0 unspecified atom stereocenters. The van der Waals surface area contributed by atoms with Crippen molar-refractivity contribution in [1.29, 1.82) is 0 Å². The highest BCUT2D eigenvalue weighted by Gasteiger charge is 2.22. The lowest BCUT2D eigenvalue weighted by Crippen LogP contribution is -2.24. The number of ether oxygens (including phenoxy) is 2. The van der Waals surface area contributed by atoms with Crippen LogP contribution >= 0.6 is 31.9 Å². The standard InChI is InChI=1S/C16H10Br2N2O4/c17-8-14(21)24-11-4-3-9(6-10(11)18)7-13-16(22)20-15-12(23-13)2-1-5-19-15/h1-7H,8H2,(H,19,20,22)/b13-7-. The summed E-state index contributed by atoms with van der Waals surface area (Å²) < 4.78 is 11.3. The summed E-state index contributed by atoms with van der Waals surface area (Å²) in [5, 5.41) is 2.76. The van der Waals surface area contributed by atoms with E-state index in [9.17, 15) is 9.59 Å². The summed E-state index contributed by atoms with van der Waals surface area (Å²) >= 11 is 6.37. The second-order valence-electron chi connectivity index (χ2n) is 4.71. The van der Waals surface area contributed by atoms with Crippen LogP contribution in [0.3, 0.4) is 0 Å². The Kier molecular flexibility index (Phi) is 4.96. The first-order valence-electron chi connectivity index (χ1n) is 6.79. The molecule has 2 aromatic rings. The molecule has 0 saturated carbocycles. The zero-order valence-corrected chi connectivity index (χ0v) is 15.3. The number of benzene rings is 1. The van der Waals surface area contributed by atoms with Gasteiger partial charge in [-0.15, -0.1) is 0 Å². The topological polar surface area (TPSA) is 77.5 Å². The number of pyridine rings is 1. The fraction of sp³-hybridized carbons (Fsp3) is 0.0625. The van der Waals surface area contributed by atoms with Crippen molar-refractivity contribution < 1.29 is 19.1 Å².